The Hall–Kier alpha value is -0.390. The minimum absolute atomic E-state index is 0.448. The van der Waals surface area contributed by atoms with Crippen molar-refractivity contribution in [3.63, 3.8) is 0 Å². The minimum atomic E-state index is -0.789. The Morgan fingerprint density at radius 2 is 2.36 bits per heavy atom. The van der Waals surface area contributed by atoms with Crippen molar-refractivity contribution in [2.75, 3.05) is 7.05 Å². The molecule has 14 heavy (non-hydrogen) atoms. The Morgan fingerprint density at radius 3 is 2.79 bits per heavy atom. The number of thiophene rings is 1. The van der Waals surface area contributed by atoms with Gasteiger partial charge in [-0.05, 0) is 42.0 Å². The Bertz CT molecular complexity index is 326. The summed E-state index contributed by atoms with van der Waals surface area (Å²) in [6.45, 7) is 2.36. The number of hydrogen-bond donors (Lipinski definition) is 1. The van der Waals surface area contributed by atoms with Gasteiger partial charge in [-0.25, -0.2) is 0 Å². The zero-order valence-corrected chi connectivity index (χ0v) is 10.4. The summed E-state index contributed by atoms with van der Waals surface area (Å²) >= 11 is 5.00. The van der Waals surface area contributed by atoms with Gasteiger partial charge in [-0.2, -0.15) is 0 Å². The number of rotatable bonds is 4. The third-order valence-electron chi connectivity index (χ3n) is 2.05. The third-order valence-corrected chi connectivity index (χ3v) is 3.66. The summed E-state index contributed by atoms with van der Waals surface area (Å²) in [5, 5.41) is 8.79. The second kappa shape index (κ2) is 4.91. The topological polar surface area (TPSA) is 40.5 Å². The molecular weight excluding hydrogens is 266 g/mol. The van der Waals surface area contributed by atoms with Gasteiger partial charge < -0.3 is 5.11 Å². The quantitative estimate of drug-likeness (QED) is 0.919. The molecule has 0 saturated heterocycles. The van der Waals surface area contributed by atoms with E-state index in [0.717, 1.165) is 8.66 Å². The normalized spacial score (nSPS) is 13.1. The van der Waals surface area contributed by atoms with E-state index in [1.165, 1.54) is 0 Å². The summed E-state index contributed by atoms with van der Waals surface area (Å²) in [4.78, 5) is 13.7. The number of halogens is 1. The summed E-state index contributed by atoms with van der Waals surface area (Å²) in [6.07, 6.45) is 0. The average Bonchev–Trinajstić information content (AvgIpc) is 2.49. The van der Waals surface area contributed by atoms with Crippen LogP contribution in [0, 0.1) is 0 Å². The number of aliphatic carboxylic acids is 1. The fraction of sp³-hybridized carbons (Fsp3) is 0.444. The number of hydrogen-bond acceptors (Lipinski definition) is 3. The lowest BCUT2D eigenvalue weighted by Gasteiger charge is -2.19. The molecule has 0 unspecified atom stereocenters. The van der Waals surface area contributed by atoms with Gasteiger partial charge in [0.1, 0.15) is 6.04 Å². The number of carbonyl (C=O) groups is 1. The van der Waals surface area contributed by atoms with Gasteiger partial charge in [0.2, 0.25) is 0 Å². The fourth-order valence-electron chi connectivity index (χ4n) is 1.01. The monoisotopic (exact) mass is 277 g/mol. The van der Waals surface area contributed by atoms with Crippen molar-refractivity contribution in [1.82, 2.24) is 4.90 Å². The molecule has 0 amide bonds. The van der Waals surface area contributed by atoms with Crippen LogP contribution in [0.4, 0.5) is 0 Å². The number of likely N-dealkylation sites (N-methyl/N-ethyl adjacent to an activating group) is 1. The molecule has 0 saturated carbocycles. The molecule has 3 nitrogen and oxygen atoms in total. The van der Waals surface area contributed by atoms with Gasteiger partial charge in [-0.1, -0.05) is 0 Å². The minimum Gasteiger partial charge on any atom is -0.480 e. The first kappa shape index (κ1) is 11.7. The Kier molecular flexibility index (Phi) is 4.10. The smallest absolute Gasteiger partial charge is 0.320 e. The molecule has 5 heteroatoms. The van der Waals surface area contributed by atoms with Crippen LogP contribution >= 0.6 is 27.3 Å². The molecule has 1 heterocycles. The van der Waals surface area contributed by atoms with E-state index in [4.69, 9.17) is 5.11 Å². The lowest BCUT2D eigenvalue weighted by molar-refractivity contribution is -0.142. The maximum Gasteiger partial charge on any atom is 0.320 e. The predicted molar refractivity (Wildman–Crippen MR) is 60.6 cm³/mol. The van der Waals surface area contributed by atoms with Gasteiger partial charge in [0.05, 0.1) is 3.79 Å². The zero-order chi connectivity index (χ0) is 10.7. The van der Waals surface area contributed by atoms with Crippen LogP contribution in [0.1, 0.15) is 11.8 Å². The first-order valence-corrected chi connectivity index (χ1v) is 5.79. The molecule has 1 aromatic rings. The van der Waals surface area contributed by atoms with Crippen LogP contribution in [0.3, 0.4) is 0 Å². The van der Waals surface area contributed by atoms with Crippen molar-refractivity contribution < 1.29 is 9.90 Å². The van der Waals surface area contributed by atoms with Crippen molar-refractivity contribution in [2.45, 2.75) is 19.5 Å². The van der Waals surface area contributed by atoms with Gasteiger partial charge in [-0.3, -0.25) is 9.69 Å². The van der Waals surface area contributed by atoms with E-state index in [9.17, 15) is 4.79 Å². The first-order chi connectivity index (χ1) is 6.50. The summed E-state index contributed by atoms with van der Waals surface area (Å²) in [6, 6.07) is 3.52. The Balaban J connectivity index is 2.56. The highest BCUT2D eigenvalue weighted by atomic mass is 79.9. The molecule has 1 N–H and O–H groups in total. The molecule has 0 aliphatic carbocycles. The van der Waals surface area contributed by atoms with Gasteiger partial charge in [-0.15, -0.1) is 11.3 Å². The summed E-state index contributed by atoms with van der Waals surface area (Å²) in [5.41, 5.74) is 0. The molecule has 0 aromatic carbocycles. The van der Waals surface area contributed by atoms with Crippen molar-refractivity contribution >= 4 is 33.2 Å². The number of carboxylic acids is 1. The van der Waals surface area contributed by atoms with Crippen LogP contribution in [-0.2, 0) is 11.3 Å². The zero-order valence-electron chi connectivity index (χ0n) is 8.03. The molecule has 1 aromatic heterocycles. The predicted octanol–water partition coefficient (Wildman–Crippen LogP) is 2.42. The molecule has 0 fully saturated rings. The largest absolute Gasteiger partial charge is 0.480 e. The number of nitrogens with zero attached hydrogens (tertiary/aromatic N) is 1. The third kappa shape index (κ3) is 3.08. The van der Waals surface area contributed by atoms with Gasteiger partial charge in [0.25, 0.3) is 0 Å². The van der Waals surface area contributed by atoms with Gasteiger partial charge in [0, 0.05) is 11.4 Å². The SMILES string of the molecule is C[C@@H](C(=O)O)N(C)Cc1ccc(Br)s1. The molecule has 0 radical (unpaired) electrons. The van der Waals surface area contributed by atoms with Crippen LogP contribution in [0.15, 0.2) is 15.9 Å². The van der Waals surface area contributed by atoms with Crippen molar-refractivity contribution in [1.29, 1.82) is 0 Å². The van der Waals surface area contributed by atoms with E-state index in [2.05, 4.69) is 15.9 Å². The van der Waals surface area contributed by atoms with E-state index < -0.39 is 12.0 Å². The Morgan fingerprint density at radius 1 is 1.71 bits per heavy atom. The molecule has 1 atom stereocenters. The average molecular weight is 278 g/mol. The van der Waals surface area contributed by atoms with E-state index >= 15 is 0 Å². The van der Waals surface area contributed by atoms with E-state index in [0.29, 0.717) is 6.54 Å². The van der Waals surface area contributed by atoms with Crippen LogP contribution in [0.5, 0.6) is 0 Å². The van der Waals surface area contributed by atoms with Crippen molar-refractivity contribution in [3.8, 4) is 0 Å². The second-order valence-corrected chi connectivity index (χ2v) is 5.68. The van der Waals surface area contributed by atoms with Crippen LogP contribution in [0.2, 0.25) is 0 Å². The van der Waals surface area contributed by atoms with Gasteiger partial charge >= 0.3 is 5.97 Å². The lowest BCUT2D eigenvalue weighted by atomic mass is 10.3. The van der Waals surface area contributed by atoms with E-state index in [1.807, 2.05) is 19.2 Å². The molecule has 1 rings (SSSR count). The highest BCUT2D eigenvalue weighted by Gasteiger charge is 2.16. The molecule has 0 spiro atoms. The van der Waals surface area contributed by atoms with Crippen LogP contribution < -0.4 is 0 Å². The van der Waals surface area contributed by atoms with E-state index in [1.54, 1.807) is 23.2 Å². The first-order valence-electron chi connectivity index (χ1n) is 4.18. The molecule has 0 bridgehead atoms. The fourth-order valence-corrected chi connectivity index (χ4v) is 2.55. The Labute approximate surface area is 95.5 Å². The highest BCUT2D eigenvalue weighted by molar-refractivity contribution is 9.11. The van der Waals surface area contributed by atoms with Gasteiger partial charge in [0.15, 0.2) is 0 Å². The van der Waals surface area contributed by atoms with Crippen LogP contribution in [0.25, 0.3) is 0 Å². The lowest BCUT2D eigenvalue weighted by Crippen LogP contribution is -2.34. The second-order valence-electron chi connectivity index (χ2n) is 3.14. The molecule has 0 aliphatic heterocycles. The standard InChI is InChI=1S/C9H12BrNO2S/c1-6(9(12)13)11(2)5-7-3-4-8(10)14-7/h3-4,6H,5H2,1-2H3,(H,12,13)/t6-/m0/s1. The molecule has 78 valence electrons. The number of carboxylic acid groups (broad SMARTS) is 1. The van der Waals surface area contributed by atoms with E-state index in [-0.39, 0.29) is 0 Å². The maximum atomic E-state index is 10.7. The summed E-state index contributed by atoms with van der Waals surface area (Å²) in [7, 11) is 1.81. The summed E-state index contributed by atoms with van der Waals surface area (Å²) in [5.74, 6) is -0.789. The summed E-state index contributed by atoms with van der Waals surface area (Å²) < 4.78 is 1.07. The van der Waals surface area contributed by atoms with Crippen molar-refractivity contribution in [3.05, 3.63) is 20.8 Å². The molecular formula is C9H12BrNO2S. The molecule has 0 aliphatic rings. The maximum absolute atomic E-state index is 10.7. The highest BCUT2D eigenvalue weighted by Crippen LogP contribution is 2.23. The van der Waals surface area contributed by atoms with Crippen LogP contribution in [-0.4, -0.2) is 29.1 Å². The van der Waals surface area contributed by atoms with Crippen molar-refractivity contribution in [2.24, 2.45) is 0 Å².